The third-order valence-electron chi connectivity index (χ3n) is 2.50. The highest BCUT2D eigenvalue weighted by Gasteiger charge is 2.40. The minimum absolute atomic E-state index is 0.0450. The number of piperazine rings is 1. The van der Waals surface area contributed by atoms with Crippen molar-refractivity contribution in [2.75, 3.05) is 6.54 Å². The molecule has 1 saturated heterocycles. The maximum absolute atomic E-state index is 11.6. The van der Waals surface area contributed by atoms with E-state index in [1.54, 1.807) is 0 Å². The standard InChI is InChI=1S/C9H16N2O2/c1-3-5-9(4-2)8(13)10-6-7(12)11-9/h3-6H2,1-2H3,(H,10,13)(H,11,12). The first-order valence-electron chi connectivity index (χ1n) is 4.74. The summed E-state index contributed by atoms with van der Waals surface area (Å²) in [6.07, 6.45) is 2.25. The second-order valence-electron chi connectivity index (χ2n) is 3.42. The summed E-state index contributed by atoms with van der Waals surface area (Å²) in [4.78, 5) is 22.7. The number of carbonyl (C=O) groups excluding carboxylic acids is 2. The Labute approximate surface area is 78.1 Å². The quantitative estimate of drug-likeness (QED) is 0.657. The largest absolute Gasteiger partial charge is 0.345 e. The zero-order chi connectivity index (χ0) is 9.90. The van der Waals surface area contributed by atoms with Crippen LogP contribution in [0.4, 0.5) is 0 Å². The molecular formula is C9H16N2O2. The molecule has 4 nitrogen and oxygen atoms in total. The molecule has 2 N–H and O–H groups in total. The molecule has 2 amide bonds. The number of hydrogen-bond acceptors (Lipinski definition) is 2. The Hall–Kier alpha value is -1.06. The van der Waals surface area contributed by atoms with Crippen LogP contribution in [-0.4, -0.2) is 23.9 Å². The first-order chi connectivity index (χ1) is 6.14. The molecule has 1 heterocycles. The topological polar surface area (TPSA) is 58.2 Å². The van der Waals surface area contributed by atoms with Crippen LogP contribution in [0.15, 0.2) is 0 Å². The van der Waals surface area contributed by atoms with Crippen molar-refractivity contribution in [1.29, 1.82) is 0 Å². The SMILES string of the molecule is CCCC1(CC)NC(=O)CNC1=O. The Balaban J connectivity index is 2.79. The summed E-state index contributed by atoms with van der Waals surface area (Å²) in [5, 5.41) is 5.39. The molecule has 1 fully saturated rings. The summed E-state index contributed by atoms with van der Waals surface area (Å²) in [5.74, 6) is -0.133. The molecule has 0 aromatic heterocycles. The van der Waals surface area contributed by atoms with Gasteiger partial charge in [-0.3, -0.25) is 9.59 Å². The van der Waals surface area contributed by atoms with Gasteiger partial charge in [0, 0.05) is 0 Å². The minimum atomic E-state index is -0.649. The average molecular weight is 184 g/mol. The number of nitrogens with one attached hydrogen (secondary N) is 2. The lowest BCUT2D eigenvalue weighted by Gasteiger charge is -2.35. The summed E-state index contributed by atoms with van der Waals surface area (Å²) in [7, 11) is 0. The summed E-state index contributed by atoms with van der Waals surface area (Å²) >= 11 is 0. The molecular weight excluding hydrogens is 168 g/mol. The normalized spacial score (nSPS) is 28.2. The monoisotopic (exact) mass is 184 g/mol. The van der Waals surface area contributed by atoms with E-state index in [0.717, 1.165) is 6.42 Å². The lowest BCUT2D eigenvalue weighted by molar-refractivity contribution is -0.139. The van der Waals surface area contributed by atoms with Crippen molar-refractivity contribution in [3.63, 3.8) is 0 Å². The molecule has 1 atom stereocenters. The van der Waals surface area contributed by atoms with Gasteiger partial charge in [-0.1, -0.05) is 20.3 Å². The molecule has 0 aromatic rings. The van der Waals surface area contributed by atoms with Gasteiger partial charge >= 0.3 is 0 Å². The van der Waals surface area contributed by atoms with Gasteiger partial charge in [-0.15, -0.1) is 0 Å². The van der Waals surface area contributed by atoms with Crippen molar-refractivity contribution >= 4 is 11.8 Å². The fraction of sp³-hybridized carbons (Fsp3) is 0.778. The molecule has 0 spiro atoms. The number of amides is 2. The molecule has 1 aliphatic heterocycles. The Kier molecular flexibility index (Phi) is 2.90. The molecule has 0 saturated carbocycles. The fourth-order valence-electron chi connectivity index (χ4n) is 1.73. The van der Waals surface area contributed by atoms with Gasteiger partial charge in [0.1, 0.15) is 5.54 Å². The lowest BCUT2D eigenvalue weighted by Crippen LogP contribution is -2.65. The van der Waals surface area contributed by atoms with Crippen LogP contribution < -0.4 is 10.6 Å². The van der Waals surface area contributed by atoms with Crippen molar-refractivity contribution in [2.24, 2.45) is 0 Å². The van der Waals surface area contributed by atoms with Gasteiger partial charge in [0.15, 0.2) is 0 Å². The molecule has 0 aromatic carbocycles. The predicted molar refractivity (Wildman–Crippen MR) is 49.1 cm³/mol. The van der Waals surface area contributed by atoms with E-state index < -0.39 is 5.54 Å². The molecule has 13 heavy (non-hydrogen) atoms. The Bertz CT molecular complexity index is 228. The Morgan fingerprint density at radius 3 is 2.62 bits per heavy atom. The van der Waals surface area contributed by atoms with Crippen LogP contribution in [0.25, 0.3) is 0 Å². The molecule has 1 rings (SSSR count). The van der Waals surface area contributed by atoms with Gasteiger partial charge in [0.05, 0.1) is 6.54 Å². The van der Waals surface area contributed by atoms with Crippen molar-refractivity contribution in [1.82, 2.24) is 10.6 Å². The fourth-order valence-corrected chi connectivity index (χ4v) is 1.73. The third-order valence-corrected chi connectivity index (χ3v) is 2.50. The predicted octanol–water partition coefficient (Wildman–Crippen LogP) is 0.181. The van der Waals surface area contributed by atoms with Gasteiger partial charge in [-0.2, -0.15) is 0 Å². The van der Waals surface area contributed by atoms with Crippen LogP contribution in [0.5, 0.6) is 0 Å². The van der Waals surface area contributed by atoms with E-state index in [2.05, 4.69) is 10.6 Å². The second-order valence-corrected chi connectivity index (χ2v) is 3.42. The molecule has 0 bridgehead atoms. The maximum Gasteiger partial charge on any atom is 0.246 e. The zero-order valence-corrected chi connectivity index (χ0v) is 8.14. The highest BCUT2D eigenvalue weighted by molar-refractivity contribution is 5.97. The van der Waals surface area contributed by atoms with Gasteiger partial charge < -0.3 is 10.6 Å². The number of rotatable bonds is 3. The molecule has 0 radical (unpaired) electrons. The van der Waals surface area contributed by atoms with Crippen LogP contribution in [0, 0.1) is 0 Å². The summed E-state index contributed by atoms with van der Waals surface area (Å²) in [5.41, 5.74) is -0.649. The Morgan fingerprint density at radius 1 is 1.38 bits per heavy atom. The number of carbonyl (C=O) groups is 2. The lowest BCUT2D eigenvalue weighted by atomic mass is 9.88. The van der Waals surface area contributed by atoms with E-state index in [9.17, 15) is 9.59 Å². The minimum Gasteiger partial charge on any atom is -0.345 e. The molecule has 4 heteroatoms. The number of hydrogen-bond donors (Lipinski definition) is 2. The third kappa shape index (κ3) is 1.82. The first-order valence-corrected chi connectivity index (χ1v) is 4.74. The highest BCUT2D eigenvalue weighted by Crippen LogP contribution is 2.19. The molecule has 74 valence electrons. The van der Waals surface area contributed by atoms with Crippen molar-refractivity contribution < 1.29 is 9.59 Å². The second kappa shape index (κ2) is 3.77. The first kappa shape index (κ1) is 10.0. The van der Waals surface area contributed by atoms with Gasteiger partial charge in [0.25, 0.3) is 0 Å². The average Bonchev–Trinajstić information content (AvgIpc) is 2.12. The summed E-state index contributed by atoms with van der Waals surface area (Å²) in [6, 6.07) is 0. The van der Waals surface area contributed by atoms with E-state index in [4.69, 9.17) is 0 Å². The summed E-state index contributed by atoms with van der Waals surface area (Å²) < 4.78 is 0. The Morgan fingerprint density at radius 2 is 2.08 bits per heavy atom. The smallest absolute Gasteiger partial charge is 0.246 e. The van der Waals surface area contributed by atoms with E-state index in [1.807, 2.05) is 13.8 Å². The van der Waals surface area contributed by atoms with Gasteiger partial charge in [0.2, 0.25) is 11.8 Å². The van der Waals surface area contributed by atoms with Crippen molar-refractivity contribution in [3.8, 4) is 0 Å². The van der Waals surface area contributed by atoms with Crippen LogP contribution in [-0.2, 0) is 9.59 Å². The van der Waals surface area contributed by atoms with E-state index in [0.29, 0.717) is 12.8 Å². The zero-order valence-electron chi connectivity index (χ0n) is 8.14. The van der Waals surface area contributed by atoms with Crippen molar-refractivity contribution in [3.05, 3.63) is 0 Å². The summed E-state index contributed by atoms with van der Waals surface area (Å²) in [6.45, 7) is 4.04. The van der Waals surface area contributed by atoms with E-state index >= 15 is 0 Å². The van der Waals surface area contributed by atoms with Crippen LogP contribution in [0.2, 0.25) is 0 Å². The molecule has 1 aliphatic rings. The van der Waals surface area contributed by atoms with Crippen LogP contribution >= 0.6 is 0 Å². The maximum atomic E-state index is 11.6. The van der Waals surface area contributed by atoms with E-state index in [1.165, 1.54) is 0 Å². The van der Waals surface area contributed by atoms with Gasteiger partial charge in [-0.05, 0) is 12.8 Å². The van der Waals surface area contributed by atoms with Gasteiger partial charge in [-0.25, -0.2) is 0 Å². The highest BCUT2D eigenvalue weighted by atomic mass is 16.2. The molecule has 1 unspecified atom stereocenters. The van der Waals surface area contributed by atoms with E-state index in [-0.39, 0.29) is 18.4 Å². The van der Waals surface area contributed by atoms with Crippen molar-refractivity contribution in [2.45, 2.75) is 38.6 Å². The molecule has 0 aliphatic carbocycles. The van der Waals surface area contributed by atoms with Crippen LogP contribution in [0.1, 0.15) is 33.1 Å². The van der Waals surface area contributed by atoms with Crippen LogP contribution in [0.3, 0.4) is 0 Å².